The van der Waals surface area contributed by atoms with Crippen LogP contribution in [0.3, 0.4) is 0 Å². The Kier molecular flexibility index (Phi) is 8.30. The van der Waals surface area contributed by atoms with E-state index in [0.717, 1.165) is 69.3 Å². The third kappa shape index (κ3) is 5.71. The van der Waals surface area contributed by atoms with E-state index in [-0.39, 0.29) is 29.6 Å². The average Bonchev–Trinajstić information content (AvgIpc) is 3.69. The molecule has 3 amide bonds. The van der Waals surface area contributed by atoms with Crippen molar-refractivity contribution in [2.24, 2.45) is 5.92 Å². The summed E-state index contributed by atoms with van der Waals surface area (Å²) in [6.45, 7) is 6.21. The molecule has 0 spiro atoms. The fourth-order valence-electron chi connectivity index (χ4n) is 6.21. The molecule has 1 aliphatic carbocycles. The van der Waals surface area contributed by atoms with Gasteiger partial charge in [0.1, 0.15) is 0 Å². The van der Waals surface area contributed by atoms with Crippen molar-refractivity contribution >= 4 is 29.1 Å². The highest BCUT2D eigenvalue weighted by molar-refractivity contribution is 6.02. The van der Waals surface area contributed by atoms with Crippen LogP contribution in [0.15, 0.2) is 48.5 Å². The van der Waals surface area contributed by atoms with Crippen molar-refractivity contribution in [2.45, 2.75) is 57.8 Å². The lowest BCUT2D eigenvalue weighted by Crippen LogP contribution is -2.50. The van der Waals surface area contributed by atoms with Gasteiger partial charge in [-0.15, -0.1) is 0 Å². The van der Waals surface area contributed by atoms with Crippen molar-refractivity contribution in [2.75, 3.05) is 49.5 Å². The zero-order chi connectivity index (χ0) is 26.5. The molecule has 1 atom stereocenters. The molecule has 3 fully saturated rings. The van der Waals surface area contributed by atoms with Gasteiger partial charge in [-0.25, -0.2) is 0 Å². The maximum Gasteiger partial charge on any atom is 0.256 e. The van der Waals surface area contributed by atoms with Crippen molar-refractivity contribution < 1.29 is 14.4 Å². The normalized spacial score (nSPS) is 19.0. The van der Waals surface area contributed by atoms with E-state index in [4.69, 9.17) is 0 Å². The Balaban J connectivity index is 1.31. The Hall–Kier alpha value is -3.35. The van der Waals surface area contributed by atoms with Gasteiger partial charge in [0.2, 0.25) is 11.8 Å². The van der Waals surface area contributed by atoms with E-state index in [1.165, 1.54) is 0 Å². The Morgan fingerprint density at radius 1 is 0.842 bits per heavy atom. The molecule has 5 rings (SSSR count). The monoisotopic (exact) mass is 516 g/mol. The lowest BCUT2D eigenvalue weighted by molar-refractivity contribution is -0.133. The number of nitrogens with zero attached hydrogens (tertiary/aromatic N) is 3. The van der Waals surface area contributed by atoms with Crippen molar-refractivity contribution in [3.05, 3.63) is 59.7 Å². The summed E-state index contributed by atoms with van der Waals surface area (Å²) in [5, 5.41) is 3.08. The Labute approximate surface area is 226 Å². The highest BCUT2D eigenvalue weighted by atomic mass is 16.2. The number of carbonyl (C=O) groups is 3. The predicted octanol–water partition coefficient (Wildman–Crippen LogP) is 4.89. The van der Waals surface area contributed by atoms with E-state index in [9.17, 15) is 14.4 Å². The van der Waals surface area contributed by atoms with Gasteiger partial charge < -0.3 is 20.0 Å². The molecular weight excluding hydrogens is 476 g/mol. The molecule has 0 aromatic heterocycles. The summed E-state index contributed by atoms with van der Waals surface area (Å²) in [7, 11) is 0. The number of amides is 3. The lowest BCUT2D eigenvalue weighted by atomic mass is 9.94. The van der Waals surface area contributed by atoms with E-state index in [1.807, 2.05) is 58.3 Å². The summed E-state index contributed by atoms with van der Waals surface area (Å²) < 4.78 is 0. The minimum Gasteiger partial charge on any atom is -0.367 e. The van der Waals surface area contributed by atoms with Crippen LogP contribution < -0.4 is 10.2 Å². The smallest absolute Gasteiger partial charge is 0.256 e. The van der Waals surface area contributed by atoms with E-state index in [0.29, 0.717) is 37.4 Å². The molecule has 1 saturated carbocycles. The van der Waals surface area contributed by atoms with Crippen LogP contribution in [0.5, 0.6) is 0 Å². The maximum absolute atomic E-state index is 13.6. The van der Waals surface area contributed by atoms with Gasteiger partial charge in [-0.2, -0.15) is 0 Å². The van der Waals surface area contributed by atoms with Crippen LogP contribution in [-0.4, -0.2) is 66.8 Å². The van der Waals surface area contributed by atoms with Crippen LogP contribution >= 0.6 is 0 Å². The van der Waals surface area contributed by atoms with Gasteiger partial charge in [0.15, 0.2) is 0 Å². The molecule has 7 heteroatoms. The maximum atomic E-state index is 13.6. The summed E-state index contributed by atoms with van der Waals surface area (Å²) in [6, 6.07) is 15.8. The lowest BCUT2D eigenvalue weighted by Gasteiger charge is -2.38. The predicted molar refractivity (Wildman–Crippen MR) is 150 cm³/mol. The third-order valence-corrected chi connectivity index (χ3v) is 8.45. The van der Waals surface area contributed by atoms with Crippen LogP contribution in [-0.2, 0) is 9.59 Å². The van der Waals surface area contributed by atoms with Crippen LogP contribution in [0, 0.1) is 5.92 Å². The number of hydrogen-bond acceptors (Lipinski definition) is 4. The van der Waals surface area contributed by atoms with Gasteiger partial charge in [-0.05, 0) is 55.9 Å². The fraction of sp³-hybridized carbons (Fsp3) is 0.516. The number of hydrogen-bond donors (Lipinski definition) is 1. The Morgan fingerprint density at radius 3 is 2.18 bits per heavy atom. The van der Waals surface area contributed by atoms with Crippen molar-refractivity contribution in [3.8, 4) is 0 Å². The second-order valence-electron chi connectivity index (χ2n) is 10.9. The van der Waals surface area contributed by atoms with Gasteiger partial charge in [0.05, 0.1) is 11.5 Å². The first-order valence-corrected chi connectivity index (χ1v) is 14.4. The molecule has 7 nitrogen and oxygen atoms in total. The molecule has 2 saturated heterocycles. The molecule has 1 N–H and O–H groups in total. The second-order valence-corrected chi connectivity index (χ2v) is 10.9. The standard InChI is InChI=1S/C31H40N4O3/c1-2-26(23-10-4-3-5-11-23)30(37)35-20-18-33(19-21-35)28-15-14-25(32-29(36)24-12-6-7-13-24)22-27(28)31(38)34-16-8-9-17-34/h3-5,10-11,14-15,22,24,26H,2,6-9,12-13,16-21H2,1H3,(H,32,36)/t26-/m1/s1. The molecule has 3 aliphatic rings. The molecule has 38 heavy (non-hydrogen) atoms. The first kappa shape index (κ1) is 26.3. The first-order chi connectivity index (χ1) is 18.5. The van der Waals surface area contributed by atoms with Crippen LogP contribution in [0.4, 0.5) is 11.4 Å². The van der Waals surface area contributed by atoms with Gasteiger partial charge in [-0.1, -0.05) is 50.1 Å². The largest absolute Gasteiger partial charge is 0.367 e. The van der Waals surface area contributed by atoms with Crippen LogP contribution in [0.1, 0.15) is 73.7 Å². The number of likely N-dealkylation sites (tertiary alicyclic amines) is 1. The number of piperazine rings is 1. The summed E-state index contributed by atoms with van der Waals surface area (Å²) in [4.78, 5) is 45.8. The van der Waals surface area contributed by atoms with Crippen LogP contribution in [0.2, 0.25) is 0 Å². The molecule has 0 unspecified atom stereocenters. The van der Waals surface area contributed by atoms with Crippen molar-refractivity contribution in [1.29, 1.82) is 0 Å². The molecule has 2 aromatic carbocycles. The van der Waals surface area contributed by atoms with E-state index in [1.54, 1.807) is 0 Å². The number of rotatable bonds is 7. The SMILES string of the molecule is CC[C@@H](C(=O)N1CCN(c2ccc(NC(=O)C3CCCC3)cc2C(=O)N2CCCC2)CC1)c1ccccc1. The van der Waals surface area contributed by atoms with E-state index < -0.39 is 0 Å². The number of benzene rings is 2. The fourth-order valence-corrected chi connectivity index (χ4v) is 6.21. The quantitative estimate of drug-likeness (QED) is 0.569. The van der Waals surface area contributed by atoms with E-state index >= 15 is 0 Å². The Morgan fingerprint density at radius 2 is 1.53 bits per heavy atom. The van der Waals surface area contributed by atoms with Gasteiger partial charge >= 0.3 is 0 Å². The Bertz CT molecular complexity index is 1130. The minimum atomic E-state index is -0.127. The molecule has 2 heterocycles. The third-order valence-electron chi connectivity index (χ3n) is 8.45. The molecule has 0 bridgehead atoms. The molecule has 2 aliphatic heterocycles. The summed E-state index contributed by atoms with van der Waals surface area (Å²) in [6.07, 6.45) is 6.92. The second kappa shape index (κ2) is 12.0. The summed E-state index contributed by atoms with van der Waals surface area (Å²) in [5.41, 5.74) is 3.29. The molecule has 2 aromatic rings. The zero-order valence-corrected chi connectivity index (χ0v) is 22.5. The van der Waals surface area contributed by atoms with Gasteiger partial charge in [0.25, 0.3) is 5.91 Å². The first-order valence-electron chi connectivity index (χ1n) is 14.4. The van der Waals surface area contributed by atoms with Crippen LogP contribution in [0.25, 0.3) is 0 Å². The summed E-state index contributed by atoms with van der Waals surface area (Å²) in [5.74, 6) is 0.212. The minimum absolute atomic E-state index is 0.0306. The number of carbonyl (C=O) groups excluding carboxylic acids is 3. The number of anilines is 2. The average molecular weight is 517 g/mol. The van der Waals surface area contributed by atoms with Crippen molar-refractivity contribution in [3.63, 3.8) is 0 Å². The molecule has 202 valence electrons. The molecular formula is C31H40N4O3. The topological polar surface area (TPSA) is 73.0 Å². The van der Waals surface area contributed by atoms with Gasteiger partial charge in [0, 0.05) is 56.6 Å². The van der Waals surface area contributed by atoms with Crippen molar-refractivity contribution in [1.82, 2.24) is 9.80 Å². The highest BCUT2D eigenvalue weighted by Gasteiger charge is 2.30. The highest BCUT2D eigenvalue weighted by Crippen LogP contribution is 2.31. The number of nitrogens with one attached hydrogen (secondary N) is 1. The zero-order valence-electron chi connectivity index (χ0n) is 22.5. The van der Waals surface area contributed by atoms with Gasteiger partial charge in [-0.3, -0.25) is 14.4 Å². The van der Waals surface area contributed by atoms with E-state index in [2.05, 4.69) is 17.1 Å². The molecule has 0 radical (unpaired) electrons. The summed E-state index contributed by atoms with van der Waals surface area (Å²) >= 11 is 0.